The van der Waals surface area contributed by atoms with E-state index in [0.717, 1.165) is 30.2 Å². The Morgan fingerprint density at radius 1 is 1.25 bits per heavy atom. The van der Waals surface area contributed by atoms with Gasteiger partial charge in [0.05, 0.1) is 11.4 Å². The predicted octanol–water partition coefficient (Wildman–Crippen LogP) is 2.48. The maximum atomic E-state index is 11.9. The number of aryl methyl sites for hydroxylation is 1. The molecule has 0 atom stereocenters. The smallest absolute Gasteiger partial charge is 0.230 e. The van der Waals surface area contributed by atoms with Gasteiger partial charge in [-0.15, -0.1) is 11.8 Å². The van der Waals surface area contributed by atoms with E-state index in [-0.39, 0.29) is 5.91 Å². The largest absolute Gasteiger partial charge is 0.354 e. The summed E-state index contributed by atoms with van der Waals surface area (Å²) in [6.07, 6.45) is 8.06. The molecule has 0 spiro atoms. The zero-order valence-corrected chi connectivity index (χ0v) is 15.1. The zero-order valence-electron chi connectivity index (χ0n) is 14.3. The van der Waals surface area contributed by atoms with Gasteiger partial charge in [-0.2, -0.15) is 0 Å². The van der Waals surface area contributed by atoms with Gasteiger partial charge in [-0.3, -0.25) is 4.79 Å². The number of rotatable bonds is 7. The molecule has 24 heavy (non-hydrogen) atoms. The van der Waals surface area contributed by atoms with Crippen LogP contribution in [0.4, 0.5) is 0 Å². The Morgan fingerprint density at radius 3 is 2.92 bits per heavy atom. The molecule has 1 aliphatic heterocycles. The van der Waals surface area contributed by atoms with E-state index in [4.69, 9.17) is 0 Å². The number of piperidine rings is 1. The molecule has 0 bridgehead atoms. The fourth-order valence-corrected chi connectivity index (χ4v) is 3.80. The van der Waals surface area contributed by atoms with Crippen molar-refractivity contribution in [2.45, 2.75) is 31.9 Å². The highest BCUT2D eigenvalue weighted by Crippen LogP contribution is 2.13. The summed E-state index contributed by atoms with van der Waals surface area (Å²) in [7, 11) is 0. The van der Waals surface area contributed by atoms with Crippen LogP contribution >= 0.6 is 11.8 Å². The van der Waals surface area contributed by atoms with Crippen molar-refractivity contribution in [3.05, 3.63) is 35.8 Å². The summed E-state index contributed by atoms with van der Waals surface area (Å²) >= 11 is 1.62. The van der Waals surface area contributed by atoms with E-state index in [1.165, 1.54) is 37.9 Å². The van der Waals surface area contributed by atoms with Crippen molar-refractivity contribution < 1.29 is 4.79 Å². The molecule has 1 fully saturated rings. The highest BCUT2D eigenvalue weighted by Gasteiger charge is 2.10. The van der Waals surface area contributed by atoms with Gasteiger partial charge in [0, 0.05) is 31.2 Å². The molecule has 5 nitrogen and oxygen atoms in total. The molecule has 1 amide bonds. The normalized spacial score (nSPS) is 15.7. The number of amides is 1. The van der Waals surface area contributed by atoms with Gasteiger partial charge < -0.3 is 14.6 Å². The van der Waals surface area contributed by atoms with Gasteiger partial charge in [-0.1, -0.05) is 12.5 Å². The summed E-state index contributed by atoms with van der Waals surface area (Å²) < 4.78 is 2.05. The van der Waals surface area contributed by atoms with Crippen molar-refractivity contribution in [3.8, 4) is 0 Å². The lowest BCUT2D eigenvalue weighted by molar-refractivity contribution is -0.118. The molecular formula is C18H26N4OS. The molecule has 0 unspecified atom stereocenters. The van der Waals surface area contributed by atoms with Gasteiger partial charge in [-0.05, 0) is 44.5 Å². The van der Waals surface area contributed by atoms with Gasteiger partial charge in [0.2, 0.25) is 5.91 Å². The van der Waals surface area contributed by atoms with Crippen LogP contribution in [0.5, 0.6) is 0 Å². The zero-order chi connectivity index (χ0) is 16.8. The summed E-state index contributed by atoms with van der Waals surface area (Å²) in [5.41, 5.74) is 3.20. The maximum absolute atomic E-state index is 11.9. The molecule has 0 radical (unpaired) electrons. The standard InChI is InChI=1S/C18H26N4OS/c1-15-5-6-17-20-16(12-22(17)11-15)13-24-14-18(23)19-7-10-21-8-3-2-4-9-21/h5-6,11-12H,2-4,7-10,13-14H2,1H3,(H,19,23). The Labute approximate surface area is 147 Å². The number of imidazole rings is 1. The number of nitrogens with zero attached hydrogens (tertiary/aromatic N) is 3. The third-order valence-corrected chi connectivity index (χ3v) is 5.30. The topological polar surface area (TPSA) is 49.6 Å². The number of thioether (sulfide) groups is 1. The minimum absolute atomic E-state index is 0.122. The second-order valence-electron chi connectivity index (χ2n) is 6.45. The van der Waals surface area contributed by atoms with E-state index in [0.29, 0.717) is 5.75 Å². The Hall–Kier alpha value is -1.53. The van der Waals surface area contributed by atoms with Crippen LogP contribution in [-0.4, -0.2) is 52.1 Å². The molecule has 0 aliphatic carbocycles. The summed E-state index contributed by atoms with van der Waals surface area (Å²) in [6, 6.07) is 4.09. The van der Waals surface area contributed by atoms with E-state index in [1.807, 2.05) is 16.7 Å². The fourth-order valence-electron chi connectivity index (χ4n) is 3.06. The number of fused-ring (bicyclic) bond motifs is 1. The average molecular weight is 347 g/mol. The lowest BCUT2D eigenvalue weighted by atomic mass is 10.1. The molecule has 1 aliphatic rings. The van der Waals surface area contributed by atoms with E-state index >= 15 is 0 Å². The number of hydrogen-bond acceptors (Lipinski definition) is 4. The maximum Gasteiger partial charge on any atom is 0.230 e. The SMILES string of the molecule is Cc1ccc2nc(CSCC(=O)NCCN3CCCCC3)cn2c1. The van der Waals surface area contributed by atoms with Crippen molar-refractivity contribution >= 4 is 23.3 Å². The van der Waals surface area contributed by atoms with Gasteiger partial charge in [0.25, 0.3) is 0 Å². The van der Waals surface area contributed by atoms with Gasteiger partial charge in [0.1, 0.15) is 5.65 Å². The summed E-state index contributed by atoms with van der Waals surface area (Å²) in [5, 5.41) is 3.02. The molecule has 1 saturated heterocycles. The lowest BCUT2D eigenvalue weighted by Crippen LogP contribution is -2.38. The number of carbonyl (C=O) groups excluding carboxylic acids is 1. The van der Waals surface area contributed by atoms with E-state index in [9.17, 15) is 4.79 Å². The summed E-state index contributed by atoms with van der Waals surface area (Å²) in [6.45, 7) is 6.16. The number of carbonyl (C=O) groups is 1. The molecule has 2 aromatic rings. The molecule has 1 N–H and O–H groups in total. The molecule has 0 saturated carbocycles. The summed E-state index contributed by atoms with van der Waals surface area (Å²) in [5.74, 6) is 1.38. The van der Waals surface area contributed by atoms with Gasteiger partial charge in [0.15, 0.2) is 0 Å². The van der Waals surface area contributed by atoms with Crippen molar-refractivity contribution in [1.82, 2.24) is 19.6 Å². The van der Waals surface area contributed by atoms with Gasteiger partial charge in [-0.25, -0.2) is 4.98 Å². The predicted molar refractivity (Wildman–Crippen MR) is 99.4 cm³/mol. The van der Waals surface area contributed by atoms with Crippen molar-refractivity contribution in [3.63, 3.8) is 0 Å². The quantitative estimate of drug-likeness (QED) is 0.837. The monoisotopic (exact) mass is 346 g/mol. The van der Waals surface area contributed by atoms with Crippen LogP contribution in [0.25, 0.3) is 5.65 Å². The number of nitrogens with one attached hydrogen (secondary N) is 1. The van der Waals surface area contributed by atoms with Crippen LogP contribution in [-0.2, 0) is 10.5 Å². The first-order valence-corrected chi connectivity index (χ1v) is 9.87. The van der Waals surface area contributed by atoms with Crippen LogP contribution in [0.3, 0.4) is 0 Å². The minimum atomic E-state index is 0.122. The third-order valence-electron chi connectivity index (χ3n) is 4.33. The number of pyridine rings is 1. The molecule has 2 aromatic heterocycles. The molecule has 3 rings (SSSR count). The highest BCUT2D eigenvalue weighted by atomic mass is 32.2. The molecule has 0 aromatic carbocycles. The Kier molecular flexibility index (Phi) is 6.15. The molecule has 130 valence electrons. The molecule has 6 heteroatoms. The molecule has 3 heterocycles. The lowest BCUT2D eigenvalue weighted by Gasteiger charge is -2.26. The van der Waals surface area contributed by atoms with Crippen LogP contribution in [0.15, 0.2) is 24.5 Å². The Bertz CT molecular complexity index is 679. The Morgan fingerprint density at radius 2 is 2.08 bits per heavy atom. The van der Waals surface area contributed by atoms with E-state index < -0.39 is 0 Å². The van der Waals surface area contributed by atoms with E-state index in [1.54, 1.807) is 11.8 Å². The minimum Gasteiger partial charge on any atom is -0.354 e. The van der Waals surface area contributed by atoms with Crippen molar-refractivity contribution in [1.29, 1.82) is 0 Å². The molecular weight excluding hydrogens is 320 g/mol. The van der Waals surface area contributed by atoms with Crippen molar-refractivity contribution in [2.75, 3.05) is 31.9 Å². The Balaban J connectivity index is 1.35. The van der Waals surface area contributed by atoms with Gasteiger partial charge >= 0.3 is 0 Å². The van der Waals surface area contributed by atoms with Crippen LogP contribution < -0.4 is 5.32 Å². The first kappa shape index (κ1) is 17.3. The summed E-state index contributed by atoms with van der Waals surface area (Å²) in [4.78, 5) is 18.9. The number of aromatic nitrogens is 2. The second-order valence-corrected chi connectivity index (χ2v) is 7.43. The highest BCUT2D eigenvalue weighted by molar-refractivity contribution is 7.99. The first-order valence-electron chi connectivity index (χ1n) is 8.72. The van der Waals surface area contributed by atoms with Crippen LogP contribution in [0.1, 0.15) is 30.5 Å². The first-order chi connectivity index (χ1) is 11.7. The van der Waals surface area contributed by atoms with Crippen LogP contribution in [0.2, 0.25) is 0 Å². The van der Waals surface area contributed by atoms with Crippen LogP contribution in [0, 0.1) is 6.92 Å². The second kappa shape index (κ2) is 8.53. The van der Waals surface area contributed by atoms with E-state index in [2.05, 4.69) is 34.4 Å². The fraction of sp³-hybridized carbons (Fsp3) is 0.556. The third kappa shape index (κ3) is 4.98. The number of likely N-dealkylation sites (tertiary alicyclic amines) is 1. The van der Waals surface area contributed by atoms with Crippen molar-refractivity contribution in [2.24, 2.45) is 0 Å². The average Bonchev–Trinajstić information content (AvgIpc) is 2.97. The number of hydrogen-bond donors (Lipinski definition) is 1.